The van der Waals surface area contributed by atoms with E-state index in [4.69, 9.17) is 9.47 Å². The lowest BCUT2D eigenvalue weighted by Crippen LogP contribution is -2.02. The van der Waals surface area contributed by atoms with E-state index in [0.29, 0.717) is 5.75 Å². The summed E-state index contributed by atoms with van der Waals surface area (Å²) in [5.41, 5.74) is 4.45. The summed E-state index contributed by atoms with van der Waals surface area (Å²) < 4.78 is 10.5. The average molecular weight is 360 g/mol. The summed E-state index contributed by atoms with van der Waals surface area (Å²) in [6.07, 6.45) is 1.79. The zero-order valence-corrected chi connectivity index (χ0v) is 15.6. The van der Waals surface area contributed by atoms with Crippen molar-refractivity contribution in [3.63, 3.8) is 0 Å². The first-order valence-electron chi connectivity index (χ1n) is 9.11. The van der Waals surface area contributed by atoms with Gasteiger partial charge in [0.2, 0.25) is 0 Å². The van der Waals surface area contributed by atoms with Gasteiger partial charge in [0.1, 0.15) is 11.3 Å². The fraction of sp³-hybridized carbons (Fsp3) is 0.217. The van der Waals surface area contributed by atoms with Gasteiger partial charge in [0, 0.05) is 10.9 Å². The van der Waals surface area contributed by atoms with Gasteiger partial charge in [-0.15, -0.1) is 0 Å². The van der Waals surface area contributed by atoms with Crippen molar-refractivity contribution in [1.82, 2.24) is 0 Å². The van der Waals surface area contributed by atoms with Crippen LogP contribution in [0.1, 0.15) is 45.7 Å². The van der Waals surface area contributed by atoms with Crippen LogP contribution < -0.4 is 4.74 Å². The largest absolute Gasteiger partial charge is 0.495 e. The number of ether oxygens (including phenoxy) is 2. The number of esters is 2. The fourth-order valence-corrected chi connectivity index (χ4v) is 3.73. The van der Waals surface area contributed by atoms with Crippen molar-refractivity contribution < 1.29 is 19.1 Å². The smallest absolute Gasteiger partial charge is 0.350 e. The van der Waals surface area contributed by atoms with Gasteiger partial charge in [-0.25, -0.2) is 9.59 Å². The van der Waals surface area contributed by atoms with Crippen LogP contribution in [0.4, 0.5) is 0 Å². The highest BCUT2D eigenvalue weighted by Gasteiger charge is 2.38. The minimum Gasteiger partial charge on any atom is -0.495 e. The molecule has 0 atom stereocenters. The first-order chi connectivity index (χ1) is 13.1. The maximum Gasteiger partial charge on any atom is 0.350 e. The van der Waals surface area contributed by atoms with Crippen LogP contribution >= 0.6 is 0 Å². The fourth-order valence-electron chi connectivity index (χ4n) is 3.73. The summed E-state index contributed by atoms with van der Waals surface area (Å²) >= 11 is 0. The summed E-state index contributed by atoms with van der Waals surface area (Å²) in [4.78, 5) is 24.9. The molecule has 0 bridgehead atoms. The van der Waals surface area contributed by atoms with Gasteiger partial charge in [-0.1, -0.05) is 50.2 Å². The normalized spacial score (nSPS) is 13.0. The van der Waals surface area contributed by atoms with E-state index in [2.05, 4.69) is 13.8 Å². The molecule has 0 spiro atoms. The second-order valence-electron chi connectivity index (χ2n) is 6.62. The Kier molecular flexibility index (Phi) is 4.19. The molecule has 0 saturated heterocycles. The topological polar surface area (TPSA) is 52.6 Å². The number of aryl methyl sites for hydroxylation is 2. The van der Waals surface area contributed by atoms with Crippen LogP contribution in [-0.4, -0.2) is 19.0 Å². The molecule has 0 aliphatic carbocycles. The Morgan fingerprint density at radius 3 is 2.04 bits per heavy atom. The second-order valence-corrected chi connectivity index (χ2v) is 6.62. The molecule has 4 nitrogen and oxygen atoms in total. The third-order valence-electron chi connectivity index (χ3n) is 5.18. The van der Waals surface area contributed by atoms with E-state index < -0.39 is 11.9 Å². The Labute approximate surface area is 157 Å². The molecule has 136 valence electrons. The van der Waals surface area contributed by atoms with Crippen LogP contribution in [-0.2, 0) is 17.6 Å². The number of methoxy groups -OCH3 is 1. The molecule has 3 aromatic rings. The monoisotopic (exact) mass is 360 g/mol. The molecule has 1 heterocycles. The zero-order valence-electron chi connectivity index (χ0n) is 15.6. The first kappa shape index (κ1) is 17.3. The number of rotatable bonds is 4. The molecule has 0 saturated carbocycles. The molecule has 0 fully saturated rings. The Bertz CT molecular complexity index is 1080. The second kappa shape index (κ2) is 6.54. The van der Waals surface area contributed by atoms with Gasteiger partial charge >= 0.3 is 11.9 Å². The lowest BCUT2D eigenvalue weighted by Gasteiger charge is -2.16. The number of hydrogen-bond acceptors (Lipinski definition) is 4. The third-order valence-corrected chi connectivity index (χ3v) is 5.18. The maximum absolute atomic E-state index is 12.5. The predicted molar refractivity (Wildman–Crippen MR) is 104 cm³/mol. The SMILES string of the molecule is CCc1ccc(-c2c3c(c(OC)c4cc(CC)ccc24)C(=O)OC3=O)cc1. The third kappa shape index (κ3) is 2.60. The molecule has 27 heavy (non-hydrogen) atoms. The van der Waals surface area contributed by atoms with E-state index in [9.17, 15) is 9.59 Å². The first-order valence-corrected chi connectivity index (χ1v) is 9.11. The molecule has 4 heteroatoms. The van der Waals surface area contributed by atoms with Crippen LogP contribution in [0.3, 0.4) is 0 Å². The summed E-state index contributed by atoms with van der Waals surface area (Å²) in [6.45, 7) is 4.17. The highest BCUT2D eigenvalue weighted by atomic mass is 16.6. The van der Waals surface area contributed by atoms with Gasteiger partial charge in [-0.3, -0.25) is 0 Å². The number of benzene rings is 3. The molecule has 1 aliphatic rings. The average Bonchev–Trinajstić information content (AvgIpc) is 2.99. The minimum absolute atomic E-state index is 0.220. The van der Waals surface area contributed by atoms with Crippen molar-refractivity contribution in [2.45, 2.75) is 26.7 Å². The van der Waals surface area contributed by atoms with E-state index >= 15 is 0 Å². The van der Waals surface area contributed by atoms with E-state index in [1.165, 1.54) is 12.7 Å². The summed E-state index contributed by atoms with van der Waals surface area (Å²) in [7, 11) is 1.51. The molecule has 0 amide bonds. The predicted octanol–water partition coefficient (Wildman–Crippen LogP) is 4.95. The van der Waals surface area contributed by atoms with E-state index in [0.717, 1.165) is 40.3 Å². The van der Waals surface area contributed by atoms with Crippen molar-refractivity contribution in [1.29, 1.82) is 0 Å². The summed E-state index contributed by atoms with van der Waals surface area (Å²) in [5.74, 6) is -0.869. The standard InChI is InChI=1S/C23H20O4/c1-4-13-6-9-15(10-7-13)18-16-11-8-14(5-2)12-17(16)21(26-3)20-19(18)22(24)27-23(20)25/h6-12H,4-5H2,1-3H3. The number of cyclic esters (lactones) is 2. The lowest BCUT2D eigenvalue weighted by molar-refractivity contribution is 0.0443. The van der Waals surface area contributed by atoms with Crippen molar-refractivity contribution in [3.05, 3.63) is 64.7 Å². The molecule has 3 aromatic carbocycles. The Morgan fingerprint density at radius 1 is 0.778 bits per heavy atom. The van der Waals surface area contributed by atoms with Crippen LogP contribution in [0.5, 0.6) is 5.75 Å². The van der Waals surface area contributed by atoms with E-state index in [1.54, 1.807) is 0 Å². The molecule has 1 aliphatic heterocycles. The minimum atomic E-state index is -0.651. The Morgan fingerprint density at radius 2 is 1.41 bits per heavy atom. The van der Waals surface area contributed by atoms with Crippen molar-refractivity contribution >= 4 is 22.7 Å². The van der Waals surface area contributed by atoms with Gasteiger partial charge in [0.25, 0.3) is 0 Å². The van der Waals surface area contributed by atoms with Gasteiger partial charge in [0.05, 0.1) is 12.7 Å². The molecular formula is C23H20O4. The van der Waals surface area contributed by atoms with Gasteiger partial charge < -0.3 is 9.47 Å². The maximum atomic E-state index is 12.5. The van der Waals surface area contributed by atoms with Crippen molar-refractivity contribution in [2.24, 2.45) is 0 Å². The van der Waals surface area contributed by atoms with Crippen molar-refractivity contribution in [2.75, 3.05) is 7.11 Å². The number of carbonyl (C=O) groups excluding carboxylic acids is 2. The quantitative estimate of drug-likeness (QED) is 0.488. The molecule has 0 unspecified atom stereocenters. The Balaban J connectivity index is 2.15. The van der Waals surface area contributed by atoms with Crippen LogP contribution in [0.25, 0.3) is 21.9 Å². The molecule has 4 rings (SSSR count). The molecule has 0 radical (unpaired) electrons. The van der Waals surface area contributed by atoms with Crippen LogP contribution in [0, 0.1) is 0 Å². The summed E-state index contributed by atoms with van der Waals surface area (Å²) in [5, 5.41) is 1.69. The van der Waals surface area contributed by atoms with E-state index in [-0.39, 0.29) is 11.1 Å². The molecule has 0 N–H and O–H groups in total. The van der Waals surface area contributed by atoms with Crippen LogP contribution in [0.15, 0.2) is 42.5 Å². The van der Waals surface area contributed by atoms with Crippen molar-refractivity contribution in [3.8, 4) is 16.9 Å². The zero-order chi connectivity index (χ0) is 19.1. The number of hydrogen-bond donors (Lipinski definition) is 0. The summed E-state index contributed by atoms with van der Waals surface area (Å²) in [6, 6.07) is 14.1. The Hall–Kier alpha value is -3.14. The van der Waals surface area contributed by atoms with Gasteiger partial charge in [0.15, 0.2) is 0 Å². The van der Waals surface area contributed by atoms with Gasteiger partial charge in [-0.05, 0) is 41.0 Å². The van der Waals surface area contributed by atoms with Gasteiger partial charge in [-0.2, -0.15) is 0 Å². The van der Waals surface area contributed by atoms with E-state index in [1.807, 2.05) is 42.5 Å². The number of carbonyl (C=O) groups is 2. The highest BCUT2D eigenvalue weighted by Crippen LogP contribution is 2.44. The highest BCUT2D eigenvalue weighted by molar-refractivity contribution is 6.25. The molecule has 0 aromatic heterocycles. The molecular weight excluding hydrogens is 340 g/mol. The lowest BCUT2D eigenvalue weighted by atomic mass is 9.88. The number of fused-ring (bicyclic) bond motifs is 2. The van der Waals surface area contributed by atoms with Crippen LogP contribution in [0.2, 0.25) is 0 Å².